The maximum atomic E-state index is 12.2. The van der Waals surface area contributed by atoms with Crippen molar-refractivity contribution in [2.24, 2.45) is 0 Å². The lowest BCUT2D eigenvalue weighted by Crippen LogP contribution is -2.26. The predicted octanol–water partition coefficient (Wildman–Crippen LogP) is 1.60. The third kappa shape index (κ3) is 3.77. The molecule has 2 aromatic rings. The first kappa shape index (κ1) is 16.1. The average molecular weight is 329 g/mol. The van der Waals surface area contributed by atoms with E-state index in [1.807, 2.05) is 0 Å². The number of nitrogens with one attached hydrogen (secondary N) is 2. The Morgan fingerprint density at radius 2 is 1.96 bits per heavy atom. The quantitative estimate of drug-likeness (QED) is 0.868. The van der Waals surface area contributed by atoms with Crippen molar-refractivity contribution in [3.8, 4) is 0 Å². The molecule has 8 heteroatoms. The van der Waals surface area contributed by atoms with Crippen LogP contribution < -0.4 is 10.6 Å². The molecule has 0 saturated carbocycles. The maximum Gasteiger partial charge on any atom is 0.253 e. The summed E-state index contributed by atoms with van der Waals surface area (Å²) in [6.45, 7) is 2.37. The van der Waals surface area contributed by atoms with Gasteiger partial charge in [0.15, 0.2) is 0 Å². The molecule has 0 aliphatic carbocycles. The van der Waals surface area contributed by atoms with Crippen molar-refractivity contribution >= 4 is 23.2 Å². The Morgan fingerprint density at radius 3 is 2.54 bits per heavy atom. The summed E-state index contributed by atoms with van der Waals surface area (Å²) in [5, 5.41) is 9.56. The number of ether oxygens (including phenoxy) is 1. The van der Waals surface area contributed by atoms with Crippen LogP contribution in [-0.4, -0.2) is 39.3 Å². The zero-order chi connectivity index (χ0) is 16.9. The number of nitrogens with zero attached hydrogens (tertiary/aromatic N) is 3. The first-order chi connectivity index (χ1) is 11.6. The highest BCUT2D eigenvalue weighted by Crippen LogP contribution is 2.18. The van der Waals surface area contributed by atoms with Crippen LogP contribution >= 0.6 is 0 Å². The summed E-state index contributed by atoms with van der Waals surface area (Å²) in [5.41, 5.74) is 1.31. The van der Waals surface area contributed by atoms with Crippen molar-refractivity contribution < 1.29 is 14.3 Å². The van der Waals surface area contributed by atoms with Gasteiger partial charge in [-0.3, -0.25) is 9.59 Å². The van der Waals surface area contributed by atoms with E-state index < -0.39 is 6.04 Å². The molecule has 24 heavy (non-hydrogen) atoms. The molecule has 2 unspecified atom stereocenters. The fourth-order valence-corrected chi connectivity index (χ4v) is 2.43. The van der Waals surface area contributed by atoms with Crippen molar-refractivity contribution in [3.05, 3.63) is 36.9 Å². The van der Waals surface area contributed by atoms with Crippen molar-refractivity contribution in [2.45, 2.75) is 31.9 Å². The molecule has 1 fully saturated rings. The molecule has 2 heterocycles. The largest absolute Gasteiger partial charge is 0.368 e. The minimum atomic E-state index is -0.466. The second-order valence-corrected chi connectivity index (χ2v) is 5.61. The normalized spacial score (nSPS) is 18.1. The summed E-state index contributed by atoms with van der Waals surface area (Å²) in [4.78, 5) is 28.0. The van der Waals surface area contributed by atoms with Gasteiger partial charge in [0.05, 0.1) is 0 Å². The molecule has 1 aliphatic heterocycles. The topological polar surface area (TPSA) is 98.1 Å². The van der Waals surface area contributed by atoms with Crippen LogP contribution in [0, 0.1) is 0 Å². The van der Waals surface area contributed by atoms with Crippen LogP contribution in [0.3, 0.4) is 0 Å². The summed E-state index contributed by atoms with van der Waals surface area (Å²) in [6.07, 6.45) is 4.17. The lowest BCUT2D eigenvalue weighted by atomic mass is 10.2. The monoisotopic (exact) mass is 329 g/mol. The Balaban J connectivity index is 1.56. The van der Waals surface area contributed by atoms with Crippen LogP contribution in [0.2, 0.25) is 0 Å². The van der Waals surface area contributed by atoms with Crippen LogP contribution in [0.1, 0.15) is 25.8 Å². The van der Waals surface area contributed by atoms with Gasteiger partial charge in [0.1, 0.15) is 24.8 Å². The summed E-state index contributed by atoms with van der Waals surface area (Å²) in [7, 11) is 0. The van der Waals surface area contributed by atoms with Crippen LogP contribution in [0.5, 0.6) is 0 Å². The lowest BCUT2D eigenvalue weighted by Gasteiger charge is -2.13. The highest BCUT2D eigenvalue weighted by molar-refractivity contribution is 5.95. The molecule has 2 N–H and O–H groups in total. The van der Waals surface area contributed by atoms with E-state index in [0.29, 0.717) is 18.0 Å². The van der Waals surface area contributed by atoms with E-state index in [9.17, 15) is 9.59 Å². The highest BCUT2D eigenvalue weighted by Gasteiger charge is 2.23. The van der Waals surface area contributed by atoms with Crippen LogP contribution in [0.15, 0.2) is 36.9 Å². The van der Waals surface area contributed by atoms with E-state index in [4.69, 9.17) is 4.74 Å². The maximum absolute atomic E-state index is 12.2. The molecule has 0 radical (unpaired) electrons. The minimum Gasteiger partial charge on any atom is -0.368 e. The van der Waals surface area contributed by atoms with E-state index >= 15 is 0 Å². The Hall–Kier alpha value is -2.74. The fraction of sp³-hybridized carbons (Fsp3) is 0.375. The average Bonchev–Trinajstić information content (AvgIpc) is 3.29. The van der Waals surface area contributed by atoms with E-state index in [1.165, 1.54) is 17.3 Å². The highest BCUT2D eigenvalue weighted by atomic mass is 16.5. The molecule has 1 aliphatic rings. The van der Waals surface area contributed by atoms with Crippen LogP contribution in [0.4, 0.5) is 11.4 Å². The third-order valence-corrected chi connectivity index (χ3v) is 3.85. The Morgan fingerprint density at radius 1 is 1.25 bits per heavy atom. The van der Waals surface area contributed by atoms with E-state index in [2.05, 4.69) is 20.7 Å². The van der Waals surface area contributed by atoms with Crippen LogP contribution in [-0.2, 0) is 14.3 Å². The number of amides is 2. The van der Waals surface area contributed by atoms with Crippen molar-refractivity contribution in [3.63, 3.8) is 0 Å². The Kier molecular flexibility index (Phi) is 4.85. The third-order valence-electron chi connectivity index (χ3n) is 3.85. The summed E-state index contributed by atoms with van der Waals surface area (Å²) >= 11 is 0. The van der Waals surface area contributed by atoms with E-state index in [0.717, 1.165) is 12.8 Å². The fourth-order valence-electron chi connectivity index (χ4n) is 2.43. The first-order valence-electron chi connectivity index (χ1n) is 7.81. The Bertz CT molecular complexity index is 693. The number of hydrogen-bond acceptors (Lipinski definition) is 5. The van der Waals surface area contributed by atoms with Gasteiger partial charge in [-0.05, 0) is 44.0 Å². The van der Waals surface area contributed by atoms with Gasteiger partial charge >= 0.3 is 0 Å². The lowest BCUT2D eigenvalue weighted by molar-refractivity contribution is -0.124. The Labute approximate surface area is 139 Å². The number of carbonyl (C=O) groups excluding carboxylic acids is 2. The number of benzene rings is 1. The number of hydrogen-bond donors (Lipinski definition) is 2. The molecule has 0 spiro atoms. The molecule has 3 rings (SSSR count). The minimum absolute atomic E-state index is 0.135. The molecular formula is C16H19N5O3. The summed E-state index contributed by atoms with van der Waals surface area (Å²) < 4.78 is 6.82. The molecule has 126 valence electrons. The molecule has 8 nitrogen and oxygen atoms in total. The van der Waals surface area contributed by atoms with Crippen molar-refractivity contribution in [1.29, 1.82) is 0 Å². The standard InChI is InChI=1S/C16H19N5O3/c1-11(21-10-17-9-18-21)15(22)19-12-4-6-13(7-5-12)20-16(23)14-3-2-8-24-14/h4-7,9-11,14H,2-3,8H2,1H3,(H,19,22)(H,20,23). The van der Waals surface area contributed by atoms with Gasteiger partial charge in [-0.15, -0.1) is 0 Å². The van der Waals surface area contributed by atoms with E-state index in [1.54, 1.807) is 31.2 Å². The molecule has 1 aromatic heterocycles. The van der Waals surface area contributed by atoms with Gasteiger partial charge in [0, 0.05) is 18.0 Å². The van der Waals surface area contributed by atoms with Crippen molar-refractivity contribution in [1.82, 2.24) is 14.8 Å². The number of rotatable bonds is 5. The zero-order valence-corrected chi connectivity index (χ0v) is 13.3. The van der Waals surface area contributed by atoms with E-state index in [-0.39, 0.29) is 17.9 Å². The molecule has 2 atom stereocenters. The SMILES string of the molecule is CC(C(=O)Nc1ccc(NC(=O)C2CCCO2)cc1)n1cncn1. The van der Waals surface area contributed by atoms with Gasteiger partial charge in [-0.1, -0.05) is 0 Å². The van der Waals surface area contributed by atoms with Gasteiger partial charge in [-0.25, -0.2) is 9.67 Å². The number of anilines is 2. The number of carbonyl (C=O) groups is 2. The van der Waals surface area contributed by atoms with Gasteiger partial charge in [-0.2, -0.15) is 5.10 Å². The van der Waals surface area contributed by atoms with Gasteiger partial charge < -0.3 is 15.4 Å². The van der Waals surface area contributed by atoms with Gasteiger partial charge in [0.2, 0.25) is 5.91 Å². The first-order valence-corrected chi connectivity index (χ1v) is 7.81. The molecule has 1 saturated heterocycles. The summed E-state index contributed by atoms with van der Waals surface area (Å²) in [5.74, 6) is -0.333. The molecule has 0 bridgehead atoms. The molecule has 2 amide bonds. The second-order valence-electron chi connectivity index (χ2n) is 5.61. The van der Waals surface area contributed by atoms with Gasteiger partial charge in [0.25, 0.3) is 5.91 Å². The number of aromatic nitrogens is 3. The smallest absolute Gasteiger partial charge is 0.253 e. The predicted molar refractivity (Wildman–Crippen MR) is 87.4 cm³/mol. The summed E-state index contributed by atoms with van der Waals surface area (Å²) in [6, 6.07) is 6.48. The molecule has 1 aromatic carbocycles. The van der Waals surface area contributed by atoms with Crippen LogP contribution in [0.25, 0.3) is 0 Å². The molecular weight excluding hydrogens is 310 g/mol. The van der Waals surface area contributed by atoms with Crippen molar-refractivity contribution in [2.75, 3.05) is 17.2 Å². The zero-order valence-electron chi connectivity index (χ0n) is 13.3. The second kappa shape index (κ2) is 7.22.